The van der Waals surface area contributed by atoms with Gasteiger partial charge in [0.2, 0.25) is 17.4 Å². The molecule has 0 bridgehead atoms. The van der Waals surface area contributed by atoms with E-state index in [1.165, 1.54) is 24.3 Å². The first-order valence-electron chi connectivity index (χ1n) is 6.84. The Kier molecular flexibility index (Phi) is 4.21. The zero-order chi connectivity index (χ0) is 17.3. The van der Waals surface area contributed by atoms with Crippen LogP contribution >= 0.6 is 11.6 Å². The monoisotopic (exact) mass is 365 g/mol. The van der Waals surface area contributed by atoms with E-state index >= 15 is 0 Å². The van der Waals surface area contributed by atoms with Gasteiger partial charge in [0.15, 0.2) is 6.10 Å². The van der Waals surface area contributed by atoms with Crippen LogP contribution in [0.15, 0.2) is 71.1 Å². The number of rotatable bonds is 4. The molecule has 0 aromatic heterocycles. The standard InChI is InChI=1S/C16H12ClNO5S/c17-11-8-6-10(7-9-11)14-13(19)15(16(18)22-14)23-24(20,21)12-4-2-1-3-5-12/h1-9,14H,18H2. The van der Waals surface area contributed by atoms with E-state index in [2.05, 4.69) is 0 Å². The molecule has 0 aliphatic carbocycles. The maximum atomic E-state index is 12.4. The fourth-order valence-corrected chi connectivity index (χ4v) is 3.25. The van der Waals surface area contributed by atoms with E-state index < -0.39 is 27.8 Å². The zero-order valence-electron chi connectivity index (χ0n) is 12.2. The van der Waals surface area contributed by atoms with Gasteiger partial charge in [-0.25, -0.2) is 0 Å². The molecule has 1 atom stereocenters. The van der Waals surface area contributed by atoms with E-state index in [0.717, 1.165) is 0 Å². The van der Waals surface area contributed by atoms with E-state index in [9.17, 15) is 13.2 Å². The van der Waals surface area contributed by atoms with Gasteiger partial charge in [-0.05, 0) is 24.3 Å². The molecule has 2 N–H and O–H groups in total. The molecule has 0 amide bonds. The third kappa shape index (κ3) is 3.08. The summed E-state index contributed by atoms with van der Waals surface area (Å²) >= 11 is 5.80. The van der Waals surface area contributed by atoms with Crippen LogP contribution in [-0.2, 0) is 23.8 Å². The molecule has 6 nitrogen and oxygen atoms in total. The van der Waals surface area contributed by atoms with Gasteiger partial charge in [-0.3, -0.25) is 4.79 Å². The number of ketones is 1. The van der Waals surface area contributed by atoms with Crippen LogP contribution in [0.1, 0.15) is 11.7 Å². The Morgan fingerprint density at radius 3 is 2.29 bits per heavy atom. The van der Waals surface area contributed by atoms with Crippen molar-refractivity contribution in [3.05, 3.63) is 76.8 Å². The Balaban J connectivity index is 1.86. The second kappa shape index (κ2) is 6.18. The highest BCUT2D eigenvalue weighted by molar-refractivity contribution is 7.86. The lowest BCUT2D eigenvalue weighted by Gasteiger charge is -2.09. The molecule has 1 aliphatic heterocycles. The molecule has 124 valence electrons. The van der Waals surface area contributed by atoms with Gasteiger partial charge >= 0.3 is 10.1 Å². The van der Waals surface area contributed by atoms with Crippen LogP contribution in [0.4, 0.5) is 0 Å². The number of halogens is 1. The van der Waals surface area contributed by atoms with Crippen LogP contribution in [0.25, 0.3) is 0 Å². The minimum absolute atomic E-state index is 0.0898. The quantitative estimate of drug-likeness (QED) is 0.836. The number of carbonyl (C=O) groups is 1. The van der Waals surface area contributed by atoms with E-state index in [-0.39, 0.29) is 10.8 Å². The van der Waals surface area contributed by atoms with Gasteiger partial charge in [0.1, 0.15) is 4.90 Å². The second-order valence-electron chi connectivity index (χ2n) is 4.96. The van der Waals surface area contributed by atoms with E-state index in [4.69, 9.17) is 26.3 Å². The predicted molar refractivity (Wildman–Crippen MR) is 86.2 cm³/mol. The lowest BCUT2D eigenvalue weighted by atomic mass is 10.1. The fraction of sp³-hybridized carbons (Fsp3) is 0.0625. The third-order valence-corrected chi connectivity index (χ3v) is 4.82. The maximum Gasteiger partial charge on any atom is 0.339 e. The Morgan fingerprint density at radius 1 is 1.04 bits per heavy atom. The second-order valence-corrected chi connectivity index (χ2v) is 6.94. The van der Waals surface area contributed by atoms with Crippen molar-refractivity contribution in [3.8, 4) is 0 Å². The summed E-state index contributed by atoms with van der Waals surface area (Å²) in [5.41, 5.74) is 6.12. The first-order chi connectivity index (χ1) is 11.4. The van der Waals surface area contributed by atoms with Crippen molar-refractivity contribution in [1.82, 2.24) is 0 Å². The molecule has 8 heteroatoms. The molecule has 1 unspecified atom stereocenters. The lowest BCUT2D eigenvalue weighted by Crippen LogP contribution is -2.15. The number of benzene rings is 2. The summed E-state index contributed by atoms with van der Waals surface area (Å²) in [6, 6.07) is 13.8. The maximum absolute atomic E-state index is 12.4. The number of Topliss-reactive ketones (excluding diaryl/α,β-unsaturated/α-hetero) is 1. The van der Waals surface area contributed by atoms with Crippen LogP contribution in [0, 0.1) is 0 Å². The van der Waals surface area contributed by atoms with Crippen molar-refractivity contribution in [2.45, 2.75) is 11.0 Å². The Bertz CT molecular complexity index is 907. The van der Waals surface area contributed by atoms with Gasteiger partial charge < -0.3 is 14.7 Å². The van der Waals surface area contributed by atoms with Crippen molar-refractivity contribution < 1.29 is 22.1 Å². The molecule has 0 radical (unpaired) electrons. The SMILES string of the molecule is NC1=C(OS(=O)(=O)c2ccccc2)C(=O)C(c2ccc(Cl)cc2)O1. The van der Waals surface area contributed by atoms with E-state index in [1.807, 2.05) is 0 Å². The van der Waals surface area contributed by atoms with Gasteiger partial charge in [0.05, 0.1) is 0 Å². The Morgan fingerprint density at radius 2 is 1.67 bits per heavy atom. The highest BCUT2D eigenvalue weighted by atomic mass is 35.5. The molecule has 1 heterocycles. The average molecular weight is 366 g/mol. The summed E-state index contributed by atoms with van der Waals surface area (Å²) < 4.78 is 34.6. The van der Waals surface area contributed by atoms with Crippen molar-refractivity contribution >= 4 is 27.5 Å². The van der Waals surface area contributed by atoms with Crippen LogP contribution in [0.3, 0.4) is 0 Å². The number of ether oxygens (including phenoxy) is 1. The van der Waals surface area contributed by atoms with Gasteiger partial charge in [-0.1, -0.05) is 41.9 Å². The molecule has 0 saturated heterocycles. The van der Waals surface area contributed by atoms with Crippen LogP contribution in [0.5, 0.6) is 0 Å². The third-order valence-electron chi connectivity index (χ3n) is 3.33. The number of hydrogen-bond acceptors (Lipinski definition) is 6. The molecule has 1 aliphatic rings. The molecule has 0 fully saturated rings. The van der Waals surface area contributed by atoms with Crippen molar-refractivity contribution in [3.63, 3.8) is 0 Å². The van der Waals surface area contributed by atoms with Crippen LogP contribution in [-0.4, -0.2) is 14.2 Å². The minimum atomic E-state index is -4.18. The van der Waals surface area contributed by atoms with E-state index in [1.54, 1.807) is 30.3 Å². The number of nitrogens with two attached hydrogens (primary N) is 1. The summed E-state index contributed by atoms with van der Waals surface area (Å²) in [6.45, 7) is 0. The molecule has 24 heavy (non-hydrogen) atoms. The average Bonchev–Trinajstić information content (AvgIpc) is 2.84. The predicted octanol–water partition coefficient (Wildman–Crippen LogP) is 2.51. The first kappa shape index (κ1) is 16.4. The van der Waals surface area contributed by atoms with Gasteiger partial charge in [0.25, 0.3) is 0 Å². The number of carbonyl (C=O) groups excluding carboxylic acids is 1. The van der Waals surface area contributed by atoms with Crippen LogP contribution < -0.4 is 5.73 Å². The Labute approximate surface area is 143 Å². The molecule has 2 aromatic rings. The largest absolute Gasteiger partial charge is 0.460 e. The fourth-order valence-electron chi connectivity index (χ4n) is 2.16. The first-order valence-corrected chi connectivity index (χ1v) is 8.63. The smallest absolute Gasteiger partial charge is 0.339 e. The zero-order valence-corrected chi connectivity index (χ0v) is 13.8. The molecular formula is C16H12ClNO5S. The van der Waals surface area contributed by atoms with Crippen molar-refractivity contribution in [1.29, 1.82) is 0 Å². The summed E-state index contributed by atoms with van der Waals surface area (Å²) in [4.78, 5) is 12.3. The van der Waals surface area contributed by atoms with Gasteiger partial charge in [0, 0.05) is 10.6 Å². The topological polar surface area (TPSA) is 95.7 Å². The van der Waals surface area contributed by atoms with Crippen molar-refractivity contribution in [2.75, 3.05) is 0 Å². The number of hydrogen-bond donors (Lipinski definition) is 1. The molecular weight excluding hydrogens is 354 g/mol. The van der Waals surface area contributed by atoms with Gasteiger partial charge in [-0.2, -0.15) is 8.42 Å². The highest BCUT2D eigenvalue weighted by Gasteiger charge is 2.39. The van der Waals surface area contributed by atoms with Crippen LogP contribution in [0.2, 0.25) is 5.02 Å². The summed E-state index contributed by atoms with van der Waals surface area (Å²) in [5, 5.41) is 0.494. The molecule has 2 aromatic carbocycles. The van der Waals surface area contributed by atoms with Gasteiger partial charge in [-0.15, -0.1) is 0 Å². The molecule has 0 spiro atoms. The Hall–Kier alpha value is -2.51. The summed E-state index contributed by atoms with van der Waals surface area (Å²) in [6.07, 6.45) is -1.07. The van der Waals surface area contributed by atoms with Crippen molar-refractivity contribution in [2.24, 2.45) is 5.73 Å². The van der Waals surface area contributed by atoms with E-state index in [0.29, 0.717) is 10.6 Å². The highest BCUT2D eigenvalue weighted by Crippen LogP contribution is 2.33. The summed E-state index contributed by atoms with van der Waals surface area (Å²) in [5.74, 6) is -1.58. The lowest BCUT2D eigenvalue weighted by molar-refractivity contribution is -0.123. The summed E-state index contributed by atoms with van der Waals surface area (Å²) in [7, 11) is -4.18. The minimum Gasteiger partial charge on any atom is -0.460 e. The normalized spacial score (nSPS) is 17.7. The molecule has 3 rings (SSSR count). The molecule has 0 saturated carbocycles.